The number of ketones is 1. The molecule has 1 aliphatic heterocycles. The van der Waals surface area contributed by atoms with Crippen LogP contribution in [0.3, 0.4) is 0 Å². The highest BCUT2D eigenvalue weighted by Crippen LogP contribution is 2.21. The van der Waals surface area contributed by atoms with Crippen molar-refractivity contribution < 1.29 is 27.4 Å². The molecular formula is C12H11F3O3. The molecule has 1 aromatic carbocycles. The number of carbonyl (C=O) groups is 1. The maximum atomic E-state index is 11.8. The second-order valence-corrected chi connectivity index (χ2v) is 4.01. The summed E-state index contributed by atoms with van der Waals surface area (Å²) in [6.45, 7) is -1.04. The van der Waals surface area contributed by atoms with E-state index in [1.165, 1.54) is 0 Å². The molecule has 0 unspecified atom stereocenters. The van der Waals surface area contributed by atoms with Crippen LogP contribution >= 0.6 is 0 Å². The van der Waals surface area contributed by atoms with Crippen molar-refractivity contribution in [1.29, 1.82) is 0 Å². The Hall–Kier alpha value is -1.40. The summed E-state index contributed by atoms with van der Waals surface area (Å²) in [6.07, 6.45) is -4.41. The number of ether oxygens (including phenoxy) is 2. The van der Waals surface area contributed by atoms with Crippen LogP contribution in [0.2, 0.25) is 0 Å². The highest BCUT2D eigenvalue weighted by Gasteiger charge is 2.28. The molecule has 0 bridgehead atoms. The summed E-state index contributed by atoms with van der Waals surface area (Å²) < 4.78 is 45.0. The minimum absolute atomic E-state index is 0.349. The third kappa shape index (κ3) is 3.30. The summed E-state index contributed by atoms with van der Waals surface area (Å²) in [4.78, 5) is 11.6. The van der Waals surface area contributed by atoms with Gasteiger partial charge in [0.05, 0.1) is 13.2 Å². The molecule has 0 spiro atoms. The Morgan fingerprint density at radius 3 is 2.72 bits per heavy atom. The first-order valence-corrected chi connectivity index (χ1v) is 5.33. The largest absolute Gasteiger partial charge is 0.411 e. The molecule has 1 aromatic rings. The van der Waals surface area contributed by atoms with Crippen LogP contribution in [-0.4, -0.2) is 25.2 Å². The van der Waals surface area contributed by atoms with Gasteiger partial charge in [0.2, 0.25) is 0 Å². The number of fused-ring (bicyclic) bond motifs is 1. The van der Waals surface area contributed by atoms with Gasteiger partial charge in [-0.25, -0.2) is 0 Å². The van der Waals surface area contributed by atoms with Crippen LogP contribution < -0.4 is 0 Å². The second kappa shape index (κ2) is 5.07. The molecule has 6 heteroatoms. The van der Waals surface area contributed by atoms with Crippen molar-refractivity contribution in [2.75, 3.05) is 13.2 Å². The number of benzene rings is 1. The molecule has 98 valence electrons. The molecule has 0 N–H and O–H groups in total. The van der Waals surface area contributed by atoms with Crippen LogP contribution in [0, 0.1) is 0 Å². The summed E-state index contributed by atoms with van der Waals surface area (Å²) in [5.41, 5.74) is 2.25. The van der Waals surface area contributed by atoms with Gasteiger partial charge >= 0.3 is 6.18 Å². The average molecular weight is 260 g/mol. The number of rotatable bonds is 4. The first-order chi connectivity index (χ1) is 8.46. The molecule has 0 aromatic heterocycles. The third-order valence-electron chi connectivity index (χ3n) is 2.54. The summed E-state index contributed by atoms with van der Waals surface area (Å²) in [6, 6.07) is 4.97. The molecule has 1 heterocycles. The molecule has 0 atom stereocenters. The average Bonchev–Trinajstić information content (AvgIpc) is 2.73. The molecule has 2 rings (SSSR count). The molecular weight excluding hydrogens is 249 g/mol. The first-order valence-electron chi connectivity index (χ1n) is 5.33. The van der Waals surface area contributed by atoms with Gasteiger partial charge in [-0.3, -0.25) is 4.79 Å². The number of carbonyl (C=O) groups excluding carboxylic acids is 1. The van der Waals surface area contributed by atoms with Gasteiger partial charge < -0.3 is 9.47 Å². The van der Waals surface area contributed by atoms with Crippen LogP contribution in [0.1, 0.15) is 21.5 Å². The van der Waals surface area contributed by atoms with Crippen LogP contribution in [-0.2, 0) is 22.7 Å². The summed E-state index contributed by atoms with van der Waals surface area (Å²) in [7, 11) is 0. The lowest BCUT2D eigenvalue weighted by Gasteiger charge is -2.07. The van der Waals surface area contributed by atoms with E-state index >= 15 is 0 Å². The fourth-order valence-electron chi connectivity index (χ4n) is 1.69. The summed E-state index contributed by atoms with van der Waals surface area (Å²) in [5.74, 6) is -0.464. The normalized spacial score (nSPS) is 14.6. The number of alkyl halides is 3. The quantitative estimate of drug-likeness (QED) is 0.780. The maximum absolute atomic E-state index is 11.8. The van der Waals surface area contributed by atoms with Gasteiger partial charge in [-0.15, -0.1) is 0 Å². The Morgan fingerprint density at radius 1 is 1.28 bits per heavy atom. The van der Waals surface area contributed by atoms with E-state index in [-0.39, 0.29) is 0 Å². The molecule has 0 aliphatic carbocycles. The predicted octanol–water partition coefficient (Wildman–Crippen LogP) is 2.48. The van der Waals surface area contributed by atoms with E-state index < -0.39 is 25.2 Å². The highest BCUT2D eigenvalue weighted by molar-refractivity contribution is 5.97. The van der Waals surface area contributed by atoms with Crippen LogP contribution in [0.15, 0.2) is 18.2 Å². The van der Waals surface area contributed by atoms with Gasteiger partial charge in [-0.05, 0) is 17.2 Å². The minimum Gasteiger partial charge on any atom is -0.372 e. The third-order valence-corrected chi connectivity index (χ3v) is 2.54. The van der Waals surface area contributed by atoms with E-state index in [4.69, 9.17) is 4.74 Å². The molecule has 0 radical (unpaired) electrons. The Balaban J connectivity index is 1.93. The number of halogens is 3. The zero-order chi connectivity index (χ0) is 13.2. The molecule has 3 nitrogen and oxygen atoms in total. The SMILES string of the molecule is O=C(COCC(F)(F)F)c1ccc2c(c1)COC2. The Kier molecular flexibility index (Phi) is 3.68. The van der Waals surface area contributed by atoms with Gasteiger partial charge in [-0.1, -0.05) is 12.1 Å². The van der Waals surface area contributed by atoms with E-state index in [0.717, 1.165) is 11.1 Å². The Bertz CT molecular complexity index is 454. The van der Waals surface area contributed by atoms with Crippen molar-refractivity contribution in [3.63, 3.8) is 0 Å². The van der Waals surface area contributed by atoms with E-state index in [2.05, 4.69) is 4.74 Å². The van der Waals surface area contributed by atoms with Crippen LogP contribution in [0.4, 0.5) is 13.2 Å². The summed E-state index contributed by atoms with van der Waals surface area (Å²) >= 11 is 0. The minimum atomic E-state index is -4.41. The fraction of sp³-hybridized carbons (Fsp3) is 0.417. The Labute approximate surface area is 102 Å². The predicted molar refractivity (Wildman–Crippen MR) is 56.1 cm³/mol. The smallest absolute Gasteiger partial charge is 0.372 e. The van der Waals surface area contributed by atoms with Crippen molar-refractivity contribution >= 4 is 5.78 Å². The van der Waals surface area contributed by atoms with E-state index in [0.29, 0.717) is 18.8 Å². The monoisotopic (exact) mass is 260 g/mol. The van der Waals surface area contributed by atoms with Crippen molar-refractivity contribution in [3.05, 3.63) is 34.9 Å². The van der Waals surface area contributed by atoms with Gasteiger partial charge in [0.25, 0.3) is 0 Å². The zero-order valence-corrected chi connectivity index (χ0v) is 9.42. The highest BCUT2D eigenvalue weighted by atomic mass is 19.4. The van der Waals surface area contributed by atoms with Crippen molar-refractivity contribution in [3.8, 4) is 0 Å². The summed E-state index contributed by atoms with van der Waals surface area (Å²) in [5, 5.41) is 0. The van der Waals surface area contributed by atoms with E-state index in [1.807, 2.05) is 0 Å². The lowest BCUT2D eigenvalue weighted by atomic mass is 10.0. The van der Waals surface area contributed by atoms with Crippen LogP contribution in [0.25, 0.3) is 0 Å². The Morgan fingerprint density at radius 2 is 2.00 bits per heavy atom. The fourth-order valence-corrected chi connectivity index (χ4v) is 1.69. The number of hydrogen-bond acceptors (Lipinski definition) is 3. The molecule has 1 aliphatic rings. The standard InChI is InChI=1S/C12H11F3O3/c13-12(14,15)7-18-6-11(16)8-1-2-9-4-17-5-10(9)3-8/h1-3H,4-7H2. The van der Waals surface area contributed by atoms with E-state index in [9.17, 15) is 18.0 Å². The molecule has 0 saturated heterocycles. The lowest BCUT2D eigenvalue weighted by Crippen LogP contribution is -2.20. The topological polar surface area (TPSA) is 35.5 Å². The van der Waals surface area contributed by atoms with Crippen LogP contribution in [0.5, 0.6) is 0 Å². The van der Waals surface area contributed by atoms with Crippen molar-refractivity contribution in [1.82, 2.24) is 0 Å². The van der Waals surface area contributed by atoms with Gasteiger partial charge in [0.1, 0.15) is 13.2 Å². The first kappa shape index (κ1) is 13.0. The van der Waals surface area contributed by atoms with Gasteiger partial charge in [-0.2, -0.15) is 13.2 Å². The van der Waals surface area contributed by atoms with Gasteiger partial charge in [0.15, 0.2) is 5.78 Å². The lowest BCUT2D eigenvalue weighted by molar-refractivity contribution is -0.170. The maximum Gasteiger partial charge on any atom is 0.411 e. The molecule has 0 saturated carbocycles. The molecule has 18 heavy (non-hydrogen) atoms. The number of Topliss-reactive ketones (excluding diaryl/α,β-unsaturated/α-hetero) is 1. The second-order valence-electron chi connectivity index (χ2n) is 4.01. The molecule has 0 amide bonds. The van der Waals surface area contributed by atoms with Crippen molar-refractivity contribution in [2.24, 2.45) is 0 Å². The number of hydrogen-bond donors (Lipinski definition) is 0. The molecule has 0 fully saturated rings. The van der Waals surface area contributed by atoms with E-state index in [1.54, 1.807) is 18.2 Å². The van der Waals surface area contributed by atoms with Crippen molar-refractivity contribution in [2.45, 2.75) is 19.4 Å². The zero-order valence-electron chi connectivity index (χ0n) is 9.42. The van der Waals surface area contributed by atoms with Gasteiger partial charge in [0, 0.05) is 5.56 Å².